The second-order valence-corrected chi connectivity index (χ2v) is 15.4. The summed E-state index contributed by atoms with van der Waals surface area (Å²) >= 11 is 0. The summed E-state index contributed by atoms with van der Waals surface area (Å²) in [6, 6.07) is 5.34. The predicted molar refractivity (Wildman–Crippen MR) is 206 cm³/mol. The summed E-state index contributed by atoms with van der Waals surface area (Å²) in [5.41, 5.74) is 6.98. The van der Waals surface area contributed by atoms with E-state index in [1.165, 1.54) is 0 Å². The summed E-state index contributed by atoms with van der Waals surface area (Å²) in [6.45, 7) is 4.06. The number of amides is 5. The van der Waals surface area contributed by atoms with Crippen LogP contribution in [0.5, 0.6) is 0 Å². The summed E-state index contributed by atoms with van der Waals surface area (Å²) < 4.78 is 0. The standard InChI is InChI=1S/C39H61N7O10/c1-23(2)32(46-34(49)18-27(22-47)44-38(55)28-10-6-7-11-30(28)40)20-35(50)45-31-14-15-41-21-29(31)39(56)43-26(16-24-8-4-3-5-9-24)17-33(48)42-25(19-37(53)54)12-13-36(51)52/h3-5,8-9,23,25-32,41,47H,6-7,10-22,40H2,1-2H3,(H,42,48)(H,43,56)(H,44,55)(H,45,50)(H,46,49)(H,51,52)(H,53,54)/t25-,26-,27+,28+,29+,30+,31+,32+/m0/s1. The van der Waals surface area contributed by atoms with Crippen LogP contribution in [0.15, 0.2) is 30.3 Å². The summed E-state index contributed by atoms with van der Waals surface area (Å²) in [6.07, 6.45) is 2.65. The molecular formula is C39H61N7O10. The number of nitrogens with one attached hydrogen (secondary N) is 6. The minimum atomic E-state index is -1.19. The number of aliphatic hydroxyl groups is 1. The van der Waals surface area contributed by atoms with Gasteiger partial charge >= 0.3 is 11.9 Å². The average Bonchev–Trinajstić information content (AvgIpc) is 3.13. The first-order valence-electron chi connectivity index (χ1n) is 19.7. The van der Waals surface area contributed by atoms with Crippen LogP contribution in [0.25, 0.3) is 0 Å². The molecule has 3 rings (SSSR count). The molecule has 1 saturated heterocycles. The van der Waals surface area contributed by atoms with E-state index >= 15 is 0 Å². The van der Waals surface area contributed by atoms with Crippen molar-refractivity contribution in [3.8, 4) is 0 Å². The number of carboxylic acid groups (broad SMARTS) is 2. The smallest absolute Gasteiger partial charge is 0.305 e. The fourth-order valence-corrected chi connectivity index (χ4v) is 7.29. The molecule has 11 N–H and O–H groups in total. The summed E-state index contributed by atoms with van der Waals surface area (Å²) in [4.78, 5) is 88.8. The Kier molecular flexibility index (Phi) is 19.2. The van der Waals surface area contributed by atoms with Gasteiger partial charge in [0.25, 0.3) is 0 Å². The van der Waals surface area contributed by atoms with Gasteiger partial charge in [-0.3, -0.25) is 33.6 Å². The third-order valence-electron chi connectivity index (χ3n) is 10.5. The Balaban J connectivity index is 1.62. The monoisotopic (exact) mass is 787 g/mol. The van der Waals surface area contributed by atoms with Crippen molar-refractivity contribution in [3.63, 3.8) is 0 Å². The molecule has 1 aliphatic carbocycles. The van der Waals surface area contributed by atoms with Gasteiger partial charge in [-0.25, -0.2) is 0 Å². The maximum absolute atomic E-state index is 13.8. The van der Waals surface area contributed by atoms with Gasteiger partial charge in [0.15, 0.2) is 0 Å². The SMILES string of the molecule is CC(C)[C@@H](CC(=O)N[C@@H]1CCNC[C@H]1C(=O)N[C@H](CC(=O)N[C@@H](CCC(=O)O)CC(=O)O)Cc1ccccc1)NC(=O)C[C@H](CO)NC(=O)[C@@H]1CCCC[C@H]1N. The molecule has 1 aliphatic heterocycles. The Morgan fingerprint density at radius 2 is 1.39 bits per heavy atom. The van der Waals surface area contributed by atoms with Crippen LogP contribution in [0.2, 0.25) is 0 Å². The van der Waals surface area contributed by atoms with Crippen LogP contribution < -0.4 is 37.6 Å². The molecular weight excluding hydrogens is 726 g/mol. The van der Waals surface area contributed by atoms with E-state index in [1.54, 1.807) is 0 Å². The molecule has 0 unspecified atom stereocenters. The first-order valence-corrected chi connectivity index (χ1v) is 19.7. The van der Waals surface area contributed by atoms with Crippen LogP contribution in [0.1, 0.15) is 90.0 Å². The second-order valence-electron chi connectivity index (χ2n) is 15.4. The topological polar surface area (TPSA) is 278 Å². The van der Waals surface area contributed by atoms with Crippen molar-refractivity contribution < 1.29 is 48.9 Å². The molecule has 17 nitrogen and oxygen atoms in total. The Labute approximate surface area is 328 Å². The molecule has 17 heteroatoms. The normalized spacial score (nSPS) is 21.7. The van der Waals surface area contributed by atoms with Gasteiger partial charge in [-0.1, -0.05) is 57.0 Å². The van der Waals surface area contributed by atoms with Crippen LogP contribution in [-0.4, -0.2) is 113 Å². The molecule has 0 bridgehead atoms. The molecule has 8 atom stereocenters. The molecule has 0 radical (unpaired) electrons. The van der Waals surface area contributed by atoms with Crippen molar-refractivity contribution in [2.45, 2.75) is 127 Å². The summed E-state index contributed by atoms with van der Waals surface area (Å²) in [5, 5.41) is 45.6. The lowest BCUT2D eigenvalue weighted by molar-refractivity contribution is -0.140. The number of rotatable bonds is 22. The highest BCUT2D eigenvalue weighted by Crippen LogP contribution is 2.23. The first kappa shape index (κ1) is 45.8. The maximum atomic E-state index is 13.8. The zero-order chi connectivity index (χ0) is 41.2. The summed E-state index contributed by atoms with van der Waals surface area (Å²) in [5.74, 6) is -5.58. The van der Waals surface area contributed by atoms with Crippen LogP contribution in [0.4, 0.5) is 0 Å². The molecule has 2 fully saturated rings. The van der Waals surface area contributed by atoms with Gasteiger partial charge in [0.2, 0.25) is 29.5 Å². The van der Waals surface area contributed by atoms with Crippen molar-refractivity contribution in [1.82, 2.24) is 31.9 Å². The van der Waals surface area contributed by atoms with E-state index in [0.717, 1.165) is 24.8 Å². The number of nitrogens with two attached hydrogens (primary N) is 1. The van der Waals surface area contributed by atoms with Crippen LogP contribution in [0.3, 0.4) is 0 Å². The molecule has 1 aromatic carbocycles. The van der Waals surface area contributed by atoms with E-state index in [-0.39, 0.29) is 74.8 Å². The highest BCUT2D eigenvalue weighted by molar-refractivity contribution is 5.85. The Bertz CT molecular complexity index is 1480. The van der Waals surface area contributed by atoms with E-state index in [4.69, 9.17) is 10.8 Å². The second kappa shape index (κ2) is 23.5. The van der Waals surface area contributed by atoms with Crippen LogP contribution in [0, 0.1) is 17.8 Å². The van der Waals surface area contributed by atoms with Gasteiger partial charge in [-0.15, -0.1) is 0 Å². The predicted octanol–water partition coefficient (Wildman–Crippen LogP) is -0.0618. The number of carboxylic acids is 2. The number of carbonyl (C=O) groups excluding carboxylic acids is 5. The van der Waals surface area contributed by atoms with Crippen LogP contribution in [-0.2, 0) is 40.0 Å². The van der Waals surface area contributed by atoms with E-state index in [1.807, 2.05) is 44.2 Å². The fraction of sp³-hybridized carbons (Fsp3) is 0.667. The van der Waals surface area contributed by atoms with Crippen molar-refractivity contribution in [2.75, 3.05) is 19.7 Å². The first-order chi connectivity index (χ1) is 26.6. The van der Waals surface area contributed by atoms with Crippen molar-refractivity contribution >= 4 is 41.5 Å². The van der Waals surface area contributed by atoms with Gasteiger partial charge in [0.05, 0.1) is 30.9 Å². The molecule has 56 heavy (non-hydrogen) atoms. The highest BCUT2D eigenvalue weighted by Gasteiger charge is 2.35. The Morgan fingerprint density at radius 1 is 0.750 bits per heavy atom. The van der Waals surface area contributed by atoms with Crippen molar-refractivity contribution in [1.29, 1.82) is 0 Å². The van der Waals surface area contributed by atoms with E-state index in [9.17, 15) is 43.8 Å². The van der Waals surface area contributed by atoms with Crippen LogP contribution >= 0.6 is 0 Å². The van der Waals surface area contributed by atoms with Gasteiger partial charge in [0, 0.05) is 62.4 Å². The highest BCUT2D eigenvalue weighted by atomic mass is 16.4. The van der Waals surface area contributed by atoms with Crippen molar-refractivity contribution in [2.24, 2.45) is 23.5 Å². The molecule has 2 aliphatic rings. The fourth-order valence-electron chi connectivity index (χ4n) is 7.29. The molecule has 1 heterocycles. The molecule has 0 aromatic heterocycles. The minimum absolute atomic E-state index is 0.0725. The molecule has 5 amide bonds. The summed E-state index contributed by atoms with van der Waals surface area (Å²) in [7, 11) is 0. The van der Waals surface area contributed by atoms with Gasteiger partial charge in [-0.2, -0.15) is 0 Å². The van der Waals surface area contributed by atoms with Gasteiger partial charge in [-0.05, 0) is 50.1 Å². The third-order valence-corrected chi connectivity index (χ3v) is 10.5. The number of piperidine rings is 1. The number of aliphatic hydroxyl groups excluding tert-OH is 1. The zero-order valence-corrected chi connectivity index (χ0v) is 32.5. The Hall–Kier alpha value is -4.61. The molecule has 1 aromatic rings. The van der Waals surface area contributed by atoms with Gasteiger partial charge in [0.1, 0.15) is 0 Å². The molecule has 1 saturated carbocycles. The average molecular weight is 788 g/mol. The number of carbonyl (C=O) groups is 7. The maximum Gasteiger partial charge on any atom is 0.305 e. The van der Waals surface area contributed by atoms with E-state index in [2.05, 4.69) is 31.9 Å². The van der Waals surface area contributed by atoms with E-state index < -0.39 is 78.8 Å². The number of hydrogen-bond donors (Lipinski definition) is 10. The molecule has 0 spiro atoms. The zero-order valence-electron chi connectivity index (χ0n) is 32.5. The largest absolute Gasteiger partial charge is 0.481 e. The van der Waals surface area contributed by atoms with Crippen molar-refractivity contribution in [3.05, 3.63) is 35.9 Å². The lowest BCUT2D eigenvalue weighted by atomic mass is 9.84. The third kappa shape index (κ3) is 16.2. The number of hydrogen-bond acceptors (Lipinski definition) is 10. The molecule has 312 valence electrons. The number of aliphatic carboxylic acids is 2. The number of benzene rings is 1. The Morgan fingerprint density at radius 3 is 2.04 bits per heavy atom. The van der Waals surface area contributed by atoms with Gasteiger partial charge < -0.3 is 53.0 Å². The lowest BCUT2D eigenvalue weighted by Gasteiger charge is -2.34. The van der Waals surface area contributed by atoms with E-state index in [0.29, 0.717) is 19.4 Å². The minimum Gasteiger partial charge on any atom is -0.481 e. The lowest BCUT2D eigenvalue weighted by Crippen LogP contribution is -2.57. The quantitative estimate of drug-likeness (QED) is 0.0740.